The van der Waals surface area contributed by atoms with Crippen LogP contribution in [0.25, 0.3) is 22.0 Å². The summed E-state index contributed by atoms with van der Waals surface area (Å²) in [6.07, 6.45) is 5.81. The average molecular weight is 488 g/mol. The van der Waals surface area contributed by atoms with Crippen LogP contribution in [0.4, 0.5) is 0 Å². The summed E-state index contributed by atoms with van der Waals surface area (Å²) in [6, 6.07) is 12.2. The molecule has 36 heavy (non-hydrogen) atoms. The van der Waals surface area contributed by atoms with Crippen molar-refractivity contribution in [1.82, 2.24) is 15.2 Å². The van der Waals surface area contributed by atoms with Crippen LogP contribution >= 0.6 is 0 Å². The molecule has 2 aliphatic rings. The van der Waals surface area contributed by atoms with Gasteiger partial charge in [0.25, 0.3) is 0 Å². The van der Waals surface area contributed by atoms with Crippen molar-refractivity contribution < 1.29 is 19.4 Å². The van der Waals surface area contributed by atoms with E-state index in [1.807, 2.05) is 19.2 Å². The van der Waals surface area contributed by atoms with Gasteiger partial charge in [0.2, 0.25) is 0 Å². The number of carbonyl (C=O) groups is 2. The third-order valence-electron chi connectivity index (χ3n) is 7.05. The first kappa shape index (κ1) is 24.4. The minimum Gasteiger partial charge on any atom is -0.478 e. The van der Waals surface area contributed by atoms with Gasteiger partial charge in [0.1, 0.15) is 6.61 Å². The Morgan fingerprint density at radius 3 is 2.75 bits per heavy atom. The number of hydrogen-bond donors (Lipinski definition) is 2. The van der Waals surface area contributed by atoms with E-state index >= 15 is 0 Å². The van der Waals surface area contributed by atoms with E-state index in [0.29, 0.717) is 23.8 Å². The number of carboxylic acids is 1. The van der Waals surface area contributed by atoms with Gasteiger partial charge in [0.15, 0.2) is 0 Å². The standard InChI is InChI=1S/C29H33N3O4/c1-3-4-5-12-32(2)16-20-14-19(7-11-22(20)28(33)34)26-23-10-6-18(15-30-21-8-9-21)13-24(23)31-25-17-36-29(35)27(25)26/h6-7,10-11,13-14,21,30H,3-5,8-9,12,15-17H2,1-2H3,(H,33,34). The highest BCUT2D eigenvalue weighted by Crippen LogP contribution is 2.38. The number of hydrogen-bond acceptors (Lipinski definition) is 6. The van der Waals surface area contributed by atoms with Crippen LogP contribution in [0.1, 0.15) is 76.6 Å². The summed E-state index contributed by atoms with van der Waals surface area (Å²) in [5.74, 6) is -1.33. The normalized spacial score (nSPS) is 14.9. The third-order valence-corrected chi connectivity index (χ3v) is 7.05. The fourth-order valence-corrected chi connectivity index (χ4v) is 4.94. The van der Waals surface area contributed by atoms with Crippen LogP contribution < -0.4 is 5.32 Å². The monoisotopic (exact) mass is 487 g/mol. The Labute approximate surface area is 211 Å². The first-order valence-electron chi connectivity index (χ1n) is 12.9. The molecule has 3 aromatic rings. The van der Waals surface area contributed by atoms with Crippen LogP contribution in [0.3, 0.4) is 0 Å². The van der Waals surface area contributed by atoms with Crippen LogP contribution in [0.5, 0.6) is 0 Å². The van der Waals surface area contributed by atoms with Crippen molar-refractivity contribution in [2.75, 3.05) is 13.6 Å². The Morgan fingerprint density at radius 2 is 2.00 bits per heavy atom. The zero-order chi connectivity index (χ0) is 25.2. The molecule has 1 aliphatic heterocycles. The van der Waals surface area contributed by atoms with Crippen molar-refractivity contribution >= 4 is 22.8 Å². The molecule has 0 saturated heterocycles. The van der Waals surface area contributed by atoms with Gasteiger partial charge >= 0.3 is 11.9 Å². The van der Waals surface area contributed by atoms with E-state index < -0.39 is 5.97 Å². The topological polar surface area (TPSA) is 91.8 Å². The Balaban J connectivity index is 1.57. The first-order valence-corrected chi connectivity index (χ1v) is 12.9. The van der Waals surface area contributed by atoms with E-state index in [1.165, 1.54) is 12.8 Å². The summed E-state index contributed by atoms with van der Waals surface area (Å²) < 4.78 is 5.37. The van der Waals surface area contributed by atoms with E-state index in [9.17, 15) is 14.7 Å². The molecule has 0 spiro atoms. The fourth-order valence-electron chi connectivity index (χ4n) is 4.94. The lowest BCUT2D eigenvalue weighted by atomic mass is 9.91. The number of carbonyl (C=O) groups excluding carboxylic acids is 1. The van der Waals surface area contributed by atoms with Gasteiger partial charge in [0, 0.05) is 30.1 Å². The predicted octanol–water partition coefficient (Wildman–Crippen LogP) is 5.14. The minimum atomic E-state index is -0.949. The van der Waals surface area contributed by atoms with Gasteiger partial charge in [-0.05, 0) is 67.7 Å². The summed E-state index contributed by atoms with van der Waals surface area (Å²) in [5, 5.41) is 14.2. The Hall–Kier alpha value is -3.29. The molecule has 0 atom stereocenters. The number of fused-ring (bicyclic) bond motifs is 2. The highest BCUT2D eigenvalue weighted by atomic mass is 16.5. The van der Waals surface area contributed by atoms with Gasteiger partial charge in [-0.2, -0.15) is 0 Å². The molecule has 0 unspecified atom stereocenters. The molecule has 2 heterocycles. The van der Waals surface area contributed by atoms with E-state index in [0.717, 1.165) is 65.5 Å². The molecule has 7 nitrogen and oxygen atoms in total. The molecule has 0 amide bonds. The molecule has 188 valence electrons. The number of aromatic carboxylic acids is 1. The van der Waals surface area contributed by atoms with Crippen LogP contribution in [0, 0.1) is 0 Å². The number of ether oxygens (including phenoxy) is 1. The molecule has 2 aromatic carbocycles. The van der Waals surface area contributed by atoms with Crippen LogP contribution in [-0.2, 0) is 24.4 Å². The van der Waals surface area contributed by atoms with Crippen molar-refractivity contribution in [1.29, 1.82) is 0 Å². The highest BCUT2D eigenvalue weighted by Gasteiger charge is 2.30. The second kappa shape index (κ2) is 10.4. The first-order chi connectivity index (χ1) is 17.4. The van der Waals surface area contributed by atoms with E-state index in [1.54, 1.807) is 12.1 Å². The lowest BCUT2D eigenvalue weighted by Crippen LogP contribution is -2.20. The molecule has 2 N–H and O–H groups in total. The van der Waals surface area contributed by atoms with Crippen molar-refractivity contribution in [3.05, 3.63) is 64.3 Å². The minimum absolute atomic E-state index is 0.155. The molecule has 1 aromatic heterocycles. The SMILES string of the molecule is CCCCCN(C)Cc1cc(-c2c3c(nc4cc(CNC5CC5)ccc24)COC3=O)ccc1C(=O)O. The van der Waals surface area contributed by atoms with Crippen LogP contribution in [0.2, 0.25) is 0 Å². The number of benzene rings is 2. The number of aromatic nitrogens is 1. The fraction of sp³-hybridized carbons (Fsp3) is 0.414. The molecule has 1 fully saturated rings. The summed E-state index contributed by atoms with van der Waals surface area (Å²) in [4.78, 5) is 31.7. The van der Waals surface area contributed by atoms with E-state index in [2.05, 4.69) is 29.3 Å². The Morgan fingerprint density at radius 1 is 1.17 bits per heavy atom. The number of esters is 1. The van der Waals surface area contributed by atoms with Gasteiger partial charge in [-0.25, -0.2) is 14.6 Å². The zero-order valence-corrected chi connectivity index (χ0v) is 21.0. The summed E-state index contributed by atoms with van der Waals surface area (Å²) in [5.41, 5.74) is 5.68. The maximum Gasteiger partial charge on any atom is 0.341 e. The van der Waals surface area contributed by atoms with Gasteiger partial charge in [-0.15, -0.1) is 0 Å². The molecule has 5 rings (SSSR count). The van der Waals surface area contributed by atoms with Crippen molar-refractivity contribution in [3.63, 3.8) is 0 Å². The average Bonchev–Trinajstić information content (AvgIpc) is 3.63. The molecule has 1 aliphatic carbocycles. The van der Waals surface area contributed by atoms with Crippen molar-refractivity contribution in [2.24, 2.45) is 0 Å². The number of pyridine rings is 1. The number of nitrogens with zero attached hydrogens (tertiary/aromatic N) is 2. The lowest BCUT2D eigenvalue weighted by molar-refractivity contribution is 0.0533. The zero-order valence-electron chi connectivity index (χ0n) is 21.0. The van der Waals surface area contributed by atoms with E-state index in [4.69, 9.17) is 9.72 Å². The second-order valence-electron chi connectivity index (χ2n) is 10.0. The molecular formula is C29H33N3O4. The van der Waals surface area contributed by atoms with Gasteiger partial charge < -0.3 is 20.1 Å². The molecule has 0 bridgehead atoms. The molecule has 1 saturated carbocycles. The number of rotatable bonds is 11. The summed E-state index contributed by atoms with van der Waals surface area (Å²) >= 11 is 0. The Kier molecular flexibility index (Phi) is 7.03. The molecule has 0 radical (unpaired) electrons. The smallest absolute Gasteiger partial charge is 0.341 e. The van der Waals surface area contributed by atoms with Crippen molar-refractivity contribution in [3.8, 4) is 11.1 Å². The summed E-state index contributed by atoms with van der Waals surface area (Å²) in [6.45, 7) is 4.52. The highest BCUT2D eigenvalue weighted by molar-refractivity contribution is 6.09. The quantitative estimate of drug-likeness (QED) is 0.286. The number of cyclic esters (lactones) is 1. The Bertz CT molecular complexity index is 1320. The number of nitrogens with one attached hydrogen (secondary N) is 1. The molecular weight excluding hydrogens is 454 g/mol. The van der Waals surface area contributed by atoms with Crippen molar-refractivity contribution in [2.45, 2.75) is 64.8 Å². The van der Waals surface area contributed by atoms with E-state index in [-0.39, 0.29) is 18.1 Å². The van der Waals surface area contributed by atoms with Gasteiger partial charge in [0.05, 0.1) is 22.3 Å². The third kappa shape index (κ3) is 5.13. The molecule has 7 heteroatoms. The number of carboxylic acid groups (broad SMARTS) is 1. The lowest BCUT2D eigenvalue weighted by Gasteiger charge is -2.19. The maximum absolute atomic E-state index is 12.8. The number of unbranched alkanes of at least 4 members (excludes halogenated alkanes) is 2. The summed E-state index contributed by atoms with van der Waals surface area (Å²) in [7, 11) is 2.02. The largest absolute Gasteiger partial charge is 0.478 e. The second-order valence-corrected chi connectivity index (χ2v) is 10.0. The predicted molar refractivity (Wildman–Crippen MR) is 139 cm³/mol. The van der Waals surface area contributed by atoms with Gasteiger partial charge in [-0.1, -0.05) is 38.0 Å². The van der Waals surface area contributed by atoms with Gasteiger partial charge in [-0.3, -0.25) is 0 Å². The van der Waals surface area contributed by atoms with Crippen LogP contribution in [0.15, 0.2) is 36.4 Å². The van der Waals surface area contributed by atoms with Crippen LogP contribution in [-0.4, -0.2) is 46.6 Å². The maximum atomic E-state index is 12.8.